The van der Waals surface area contributed by atoms with Gasteiger partial charge in [0, 0.05) is 11.1 Å². The number of halogens is 12. The number of amides is 4. The van der Waals surface area contributed by atoms with Crippen molar-refractivity contribution in [2.24, 2.45) is 0 Å². The van der Waals surface area contributed by atoms with E-state index in [1.54, 1.807) is 0 Å². The van der Waals surface area contributed by atoms with E-state index in [2.05, 4.69) is 5.32 Å². The maximum Gasteiger partial charge on any atom is 0.430 e. The lowest BCUT2D eigenvalue weighted by molar-refractivity contribution is -0.376. The highest BCUT2D eigenvalue weighted by atomic mass is 19.4. The van der Waals surface area contributed by atoms with Gasteiger partial charge in [0.1, 0.15) is 0 Å². The molecule has 3 N–H and O–H groups in total. The van der Waals surface area contributed by atoms with Crippen LogP contribution in [0.3, 0.4) is 0 Å². The quantitative estimate of drug-likeness (QED) is 0.132. The van der Waals surface area contributed by atoms with Crippen LogP contribution in [0.25, 0.3) is 22.3 Å². The number of nitrogens with zero attached hydrogens (tertiary/aromatic N) is 1. The van der Waals surface area contributed by atoms with Crippen LogP contribution in [0.15, 0.2) is 60.7 Å². The molecule has 8 nitrogen and oxygen atoms in total. The molecule has 0 spiro atoms. The number of aliphatic hydroxyl groups is 2. The van der Waals surface area contributed by atoms with E-state index in [9.17, 15) is 82.1 Å². The monoisotopic (exact) mass is 846 g/mol. The van der Waals surface area contributed by atoms with E-state index >= 15 is 0 Å². The number of alkyl halides is 12. The van der Waals surface area contributed by atoms with E-state index in [4.69, 9.17) is 0 Å². The number of fused-ring (bicyclic) bond motifs is 2. The van der Waals surface area contributed by atoms with Crippen LogP contribution in [0.4, 0.5) is 58.4 Å². The minimum Gasteiger partial charge on any atom is -0.369 e. The van der Waals surface area contributed by atoms with Crippen LogP contribution in [0.5, 0.6) is 0 Å². The van der Waals surface area contributed by atoms with Crippen molar-refractivity contribution in [3.05, 3.63) is 111 Å². The predicted octanol–water partition coefficient (Wildman–Crippen LogP) is 9.07. The summed E-state index contributed by atoms with van der Waals surface area (Å²) in [4.78, 5) is 51.8. The van der Waals surface area contributed by atoms with Gasteiger partial charge in [-0.1, -0.05) is 32.0 Å². The third-order valence-electron chi connectivity index (χ3n) is 10.3. The Morgan fingerprint density at radius 2 is 0.915 bits per heavy atom. The highest BCUT2D eigenvalue weighted by Gasteiger charge is 2.73. The second-order valence-electron chi connectivity index (χ2n) is 14.3. The van der Waals surface area contributed by atoms with E-state index in [1.807, 2.05) is 0 Å². The second-order valence-corrected chi connectivity index (χ2v) is 14.3. The summed E-state index contributed by atoms with van der Waals surface area (Å²) in [7, 11) is 0. The molecule has 312 valence electrons. The summed E-state index contributed by atoms with van der Waals surface area (Å²) in [6.07, 6.45) is -26.3. The van der Waals surface area contributed by atoms with Crippen LogP contribution < -0.4 is 10.2 Å². The van der Waals surface area contributed by atoms with Crippen LogP contribution >= 0.6 is 0 Å². The SMILES string of the molecule is Cc1cc(C(C)C)c(C(O)(C(F)(F)F)C(F)(F)F)cc1-c1cc(C(O)(C(F)(F)F)C(F)(F)F)c(N2C(=O)c3ccc(-c4ccc5c(c4)C(=O)NC5=O)cc3C2=O)cc1C. The summed E-state index contributed by atoms with van der Waals surface area (Å²) in [5.74, 6) is -5.65. The highest BCUT2D eigenvalue weighted by molar-refractivity contribution is 6.35. The molecule has 0 saturated carbocycles. The number of aryl methyl sites for hydroxylation is 2. The van der Waals surface area contributed by atoms with Crippen molar-refractivity contribution >= 4 is 29.3 Å². The number of hydrogen-bond donors (Lipinski definition) is 3. The molecular formula is C39H26F12N2O6. The minimum absolute atomic E-state index is 0.00386. The van der Waals surface area contributed by atoms with Crippen molar-refractivity contribution in [3.8, 4) is 22.3 Å². The molecule has 2 heterocycles. The summed E-state index contributed by atoms with van der Waals surface area (Å²) in [5.41, 5.74) is -21.3. The first-order valence-corrected chi connectivity index (χ1v) is 16.9. The Morgan fingerprint density at radius 1 is 0.508 bits per heavy atom. The number of carbonyl (C=O) groups excluding carboxylic acids is 4. The first-order valence-electron chi connectivity index (χ1n) is 16.9. The van der Waals surface area contributed by atoms with E-state index in [-0.39, 0.29) is 44.8 Å². The number of hydrogen-bond acceptors (Lipinski definition) is 6. The lowest BCUT2D eigenvalue weighted by Crippen LogP contribution is -2.54. The maximum atomic E-state index is 14.6. The average molecular weight is 847 g/mol. The number of carbonyl (C=O) groups is 4. The minimum atomic E-state index is -6.70. The molecule has 0 atom stereocenters. The van der Waals surface area contributed by atoms with E-state index in [0.717, 1.165) is 45.9 Å². The zero-order chi connectivity index (χ0) is 44.3. The standard InChI is InChI=1S/C39H26F12N2O6/c1-15(2)22-9-16(3)23(13-27(22)34(58,36(40,41)42)37(43,44)45)24-14-28(35(59,38(46,47)48)39(49,50)51)29(10-17(24)4)53-32(56)21-8-6-19(12-26(21)33(53)57)18-5-7-20-25(11-18)31(55)52-30(20)54/h5-15,58-59H,1-4H3,(H,52,54,55). The van der Waals surface area contributed by atoms with Crippen molar-refractivity contribution in [2.45, 2.75) is 69.5 Å². The Labute approximate surface area is 324 Å². The smallest absolute Gasteiger partial charge is 0.369 e. The molecule has 59 heavy (non-hydrogen) atoms. The van der Waals surface area contributed by atoms with Gasteiger partial charge in [-0.05, 0) is 101 Å². The van der Waals surface area contributed by atoms with Crippen molar-refractivity contribution < 1.29 is 82.1 Å². The molecule has 2 aliphatic rings. The second kappa shape index (κ2) is 13.4. The normalized spacial score (nSPS) is 15.3. The average Bonchev–Trinajstić information content (AvgIpc) is 3.54. The summed E-state index contributed by atoms with van der Waals surface area (Å²) in [6.45, 7) is 4.33. The molecule has 0 radical (unpaired) electrons. The Kier molecular flexibility index (Phi) is 9.72. The van der Waals surface area contributed by atoms with Gasteiger partial charge in [-0.3, -0.25) is 24.5 Å². The lowest BCUT2D eigenvalue weighted by Gasteiger charge is -2.36. The molecule has 4 aromatic carbocycles. The number of nitrogens with one attached hydrogen (secondary N) is 1. The number of benzene rings is 4. The Balaban J connectivity index is 1.61. The number of anilines is 1. The fourth-order valence-corrected chi connectivity index (χ4v) is 7.19. The van der Waals surface area contributed by atoms with Gasteiger partial charge in [0.15, 0.2) is 0 Å². The van der Waals surface area contributed by atoms with Gasteiger partial charge in [-0.15, -0.1) is 0 Å². The van der Waals surface area contributed by atoms with E-state index < -0.39 is 116 Å². The molecule has 2 aliphatic heterocycles. The fraction of sp³-hybridized carbons (Fsp3) is 0.282. The molecule has 6 rings (SSSR count). The summed E-state index contributed by atoms with van der Waals surface area (Å²) >= 11 is 0. The van der Waals surface area contributed by atoms with Gasteiger partial charge < -0.3 is 10.2 Å². The Bertz CT molecular complexity index is 2470. The van der Waals surface area contributed by atoms with Crippen LogP contribution in [0.1, 0.15) is 89.0 Å². The molecule has 0 bridgehead atoms. The zero-order valence-electron chi connectivity index (χ0n) is 30.4. The van der Waals surface area contributed by atoms with Crippen LogP contribution in [-0.4, -0.2) is 58.5 Å². The summed E-state index contributed by atoms with van der Waals surface area (Å²) in [6, 6.07) is 8.30. The molecule has 0 aromatic heterocycles. The largest absolute Gasteiger partial charge is 0.430 e. The summed E-state index contributed by atoms with van der Waals surface area (Å²) in [5, 5.41) is 23.2. The molecule has 20 heteroatoms. The summed E-state index contributed by atoms with van der Waals surface area (Å²) < 4.78 is 173. The molecule has 0 aliphatic carbocycles. The van der Waals surface area contributed by atoms with E-state index in [1.165, 1.54) is 24.3 Å². The third-order valence-corrected chi connectivity index (χ3v) is 10.3. The number of rotatable bonds is 6. The van der Waals surface area contributed by atoms with Gasteiger partial charge in [0.25, 0.3) is 34.8 Å². The van der Waals surface area contributed by atoms with Crippen molar-refractivity contribution in [3.63, 3.8) is 0 Å². The Morgan fingerprint density at radius 3 is 1.41 bits per heavy atom. The van der Waals surface area contributed by atoms with Gasteiger partial charge in [-0.25, -0.2) is 4.90 Å². The lowest BCUT2D eigenvalue weighted by atomic mass is 9.79. The first-order chi connectivity index (χ1) is 26.9. The van der Waals surface area contributed by atoms with Gasteiger partial charge in [-0.2, -0.15) is 52.7 Å². The number of imide groups is 2. The molecule has 4 aromatic rings. The molecule has 4 amide bonds. The topological polar surface area (TPSA) is 124 Å². The van der Waals surface area contributed by atoms with Crippen LogP contribution in [0, 0.1) is 13.8 Å². The van der Waals surface area contributed by atoms with Crippen LogP contribution in [-0.2, 0) is 11.2 Å². The van der Waals surface area contributed by atoms with Crippen molar-refractivity contribution in [1.29, 1.82) is 0 Å². The van der Waals surface area contributed by atoms with Crippen molar-refractivity contribution in [2.75, 3.05) is 4.90 Å². The Hall–Kier alpha value is -5.76. The van der Waals surface area contributed by atoms with Gasteiger partial charge >= 0.3 is 24.7 Å². The van der Waals surface area contributed by atoms with Crippen molar-refractivity contribution in [1.82, 2.24) is 5.32 Å². The predicted molar refractivity (Wildman–Crippen MR) is 182 cm³/mol. The molecule has 0 unspecified atom stereocenters. The molecule has 0 fully saturated rings. The van der Waals surface area contributed by atoms with E-state index in [0.29, 0.717) is 6.07 Å². The first kappa shape index (κ1) is 42.8. The van der Waals surface area contributed by atoms with Gasteiger partial charge in [0.05, 0.1) is 27.9 Å². The highest BCUT2D eigenvalue weighted by Crippen LogP contribution is 2.56. The maximum absolute atomic E-state index is 14.6. The fourth-order valence-electron chi connectivity index (χ4n) is 7.19. The zero-order valence-corrected chi connectivity index (χ0v) is 30.4. The van der Waals surface area contributed by atoms with Crippen LogP contribution in [0.2, 0.25) is 0 Å². The van der Waals surface area contributed by atoms with Gasteiger partial charge in [0.2, 0.25) is 0 Å². The third kappa shape index (κ3) is 6.34. The molecule has 0 saturated heterocycles. The molecular weight excluding hydrogens is 820 g/mol.